The molecule has 1 N–H and O–H groups in total. The van der Waals surface area contributed by atoms with Crippen molar-refractivity contribution in [2.45, 2.75) is 20.4 Å². The number of furan rings is 1. The molecule has 19 heavy (non-hydrogen) atoms. The van der Waals surface area contributed by atoms with Gasteiger partial charge in [0.15, 0.2) is 3.77 Å². The van der Waals surface area contributed by atoms with Gasteiger partial charge < -0.3 is 14.2 Å². The van der Waals surface area contributed by atoms with E-state index in [1.807, 2.05) is 19.9 Å². The average Bonchev–Trinajstić information content (AvgIpc) is 2.91. The molecule has 2 rings (SSSR count). The Labute approximate surface area is 124 Å². The first-order valence-corrected chi connectivity index (χ1v) is 6.76. The number of carbonyl (C=O) groups excluding carboxylic acids is 1. The molecule has 0 saturated carbocycles. The van der Waals surface area contributed by atoms with E-state index >= 15 is 0 Å². The van der Waals surface area contributed by atoms with Crippen molar-refractivity contribution in [2.24, 2.45) is 0 Å². The molecule has 0 aliphatic heterocycles. The number of hydrogen-bond donors (Lipinski definition) is 1. The molecule has 6 heteroatoms. The van der Waals surface area contributed by atoms with Crippen LogP contribution in [0.4, 0.5) is 0 Å². The summed E-state index contributed by atoms with van der Waals surface area (Å²) in [6.07, 6.45) is 3.03. The average molecular weight is 372 g/mol. The molecule has 5 nitrogen and oxygen atoms in total. The molecule has 1 amide bonds. The molecule has 0 atom stereocenters. The van der Waals surface area contributed by atoms with E-state index in [1.165, 1.54) is 6.08 Å². The second kappa shape index (κ2) is 6.05. The van der Waals surface area contributed by atoms with E-state index < -0.39 is 0 Å². The molecule has 0 fully saturated rings. The number of rotatable bonds is 4. The van der Waals surface area contributed by atoms with Crippen LogP contribution in [-0.4, -0.2) is 10.9 Å². The van der Waals surface area contributed by atoms with E-state index in [9.17, 15) is 4.79 Å². The van der Waals surface area contributed by atoms with Crippen LogP contribution in [0, 0.1) is 17.6 Å². The van der Waals surface area contributed by atoms with E-state index in [-0.39, 0.29) is 12.5 Å². The number of halogens is 1. The summed E-state index contributed by atoms with van der Waals surface area (Å²) >= 11 is 2.07. The molecule has 0 unspecified atom stereocenters. The summed E-state index contributed by atoms with van der Waals surface area (Å²) in [6, 6.07) is 3.63. The third-order valence-electron chi connectivity index (χ3n) is 2.48. The molecule has 0 aromatic carbocycles. The fourth-order valence-corrected chi connectivity index (χ4v) is 1.85. The van der Waals surface area contributed by atoms with Crippen molar-refractivity contribution in [1.29, 1.82) is 0 Å². The number of aromatic nitrogens is 1. The van der Waals surface area contributed by atoms with Crippen LogP contribution in [0.3, 0.4) is 0 Å². The Hall–Kier alpha value is -1.57. The Morgan fingerprint density at radius 3 is 2.79 bits per heavy atom. The van der Waals surface area contributed by atoms with Crippen molar-refractivity contribution < 1.29 is 13.6 Å². The summed E-state index contributed by atoms with van der Waals surface area (Å²) in [5.74, 6) is 1.69. The van der Waals surface area contributed by atoms with Gasteiger partial charge in [0.05, 0.1) is 12.2 Å². The molecule has 2 heterocycles. The van der Waals surface area contributed by atoms with Crippen molar-refractivity contribution in [2.75, 3.05) is 0 Å². The number of aryl methyl sites for hydroxylation is 2. The first kappa shape index (κ1) is 13.9. The van der Waals surface area contributed by atoms with Crippen molar-refractivity contribution in [3.8, 4) is 0 Å². The largest absolute Gasteiger partial charge is 0.451 e. The van der Waals surface area contributed by atoms with E-state index in [2.05, 4.69) is 32.9 Å². The second-order valence-electron chi connectivity index (χ2n) is 3.94. The predicted molar refractivity (Wildman–Crippen MR) is 78.3 cm³/mol. The van der Waals surface area contributed by atoms with Gasteiger partial charge in [0.2, 0.25) is 11.8 Å². The van der Waals surface area contributed by atoms with Crippen LogP contribution < -0.4 is 5.32 Å². The summed E-state index contributed by atoms with van der Waals surface area (Å²) < 4.78 is 11.4. The maximum absolute atomic E-state index is 11.6. The van der Waals surface area contributed by atoms with Crippen LogP contribution in [0.5, 0.6) is 0 Å². The van der Waals surface area contributed by atoms with E-state index in [1.54, 1.807) is 12.1 Å². The van der Waals surface area contributed by atoms with Crippen LogP contribution in [0.1, 0.15) is 23.1 Å². The highest BCUT2D eigenvalue weighted by molar-refractivity contribution is 14.1. The third kappa shape index (κ3) is 3.95. The lowest BCUT2D eigenvalue weighted by atomic mass is 10.4. The summed E-state index contributed by atoms with van der Waals surface area (Å²) in [7, 11) is 0. The minimum absolute atomic E-state index is 0.222. The van der Waals surface area contributed by atoms with Crippen LogP contribution >= 0.6 is 22.6 Å². The van der Waals surface area contributed by atoms with Crippen molar-refractivity contribution in [3.05, 3.63) is 45.1 Å². The number of oxazole rings is 1. The van der Waals surface area contributed by atoms with Gasteiger partial charge in [0.1, 0.15) is 11.5 Å². The first-order valence-electron chi connectivity index (χ1n) is 5.69. The van der Waals surface area contributed by atoms with Crippen molar-refractivity contribution in [1.82, 2.24) is 10.3 Å². The fraction of sp³-hybridized carbons (Fsp3) is 0.231. The molecule has 2 aromatic heterocycles. The molecule has 2 aromatic rings. The summed E-state index contributed by atoms with van der Waals surface area (Å²) in [5.41, 5.74) is 0.838. The lowest BCUT2D eigenvalue weighted by Gasteiger charge is -1.96. The summed E-state index contributed by atoms with van der Waals surface area (Å²) in [5, 5.41) is 2.69. The van der Waals surface area contributed by atoms with Crippen LogP contribution in [0.2, 0.25) is 0 Å². The van der Waals surface area contributed by atoms with E-state index in [0.717, 1.165) is 15.2 Å². The van der Waals surface area contributed by atoms with E-state index in [4.69, 9.17) is 8.83 Å². The molecule has 0 saturated heterocycles. The highest BCUT2D eigenvalue weighted by Gasteiger charge is 2.06. The van der Waals surface area contributed by atoms with Gasteiger partial charge in [-0.3, -0.25) is 4.79 Å². The molecule has 100 valence electrons. The van der Waals surface area contributed by atoms with Crippen molar-refractivity contribution >= 4 is 34.6 Å². The highest BCUT2D eigenvalue weighted by Crippen LogP contribution is 2.11. The Kier molecular flexibility index (Phi) is 4.41. The van der Waals surface area contributed by atoms with Gasteiger partial charge in [-0.25, -0.2) is 4.98 Å². The standard InChI is InChI=1S/C13H13IN2O3/c1-8-9(2)18-13(16-8)7-15-12(17)6-4-10-3-5-11(14)19-10/h3-6H,7H2,1-2H3,(H,15,17). The molecule has 0 radical (unpaired) electrons. The predicted octanol–water partition coefficient (Wildman–Crippen LogP) is 2.82. The fourth-order valence-electron chi connectivity index (χ4n) is 1.41. The minimum atomic E-state index is -0.222. The Morgan fingerprint density at radius 2 is 2.21 bits per heavy atom. The SMILES string of the molecule is Cc1nc(CNC(=O)C=Cc2ccc(I)o2)oc1C. The van der Waals surface area contributed by atoms with Gasteiger partial charge in [-0.1, -0.05) is 0 Å². The molecule has 0 aliphatic carbocycles. The van der Waals surface area contributed by atoms with Crippen LogP contribution in [0.15, 0.2) is 27.0 Å². The number of carbonyl (C=O) groups is 1. The topological polar surface area (TPSA) is 68.3 Å². The summed E-state index contributed by atoms with van der Waals surface area (Å²) in [4.78, 5) is 15.8. The Bertz CT molecular complexity index is 594. The molecule has 0 aliphatic rings. The Morgan fingerprint density at radius 1 is 1.42 bits per heavy atom. The lowest BCUT2D eigenvalue weighted by Crippen LogP contribution is -2.20. The molecule has 0 bridgehead atoms. The number of nitrogens with one attached hydrogen (secondary N) is 1. The zero-order chi connectivity index (χ0) is 13.8. The quantitative estimate of drug-likeness (QED) is 0.662. The lowest BCUT2D eigenvalue weighted by molar-refractivity contribution is -0.116. The van der Waals surface area contributed by atoms with Gasteiger partial charge in [0, 0.05) is 6.08 Å². The van der Waals surface area contributed by atoms with Gasteiger partial charge in [-0.15, -0.1) is 0 Å². The Balaban J connectivity index is 1.86. The maximum atomic E-state index is 11.6. The van der Waals surface area contributed by atoms with Gasteiger partial charge in [0.25, 0.3) is 0 Å². The molecule has 0 spiro atoms. The first-order chi connectivity index (χ1) is 9.04. The minimum Gasteiger partial charge on any atom is -0.451 e. The zero-order valence-corrected chi connectivity index (χ0v) is 12.7. The molecular formula is C13H13IN2O3. The molecular weight excluding hydrogens is 359 g/mol. The van der Waals surface area contributed by atoms with E-state index in [0.29, 0.717) is 11.7 Å². The van der Waals surface area contributed by atoms with Gasteiger partial charge in [-0.05, 0) is 54.6 Å². The van der Waals surface area contributed by atoms with Crippen LogP contribution in [0.25, 0.3) is 6.08 Å². The smallest absolute Gasteiger partial charge is 0.244 e. The van der Waals surface area contributed by atoms with Gasteiger partial charge in [-0.2, -0.15) is 0 Å². The maximum Gasteiger partial charge on any atom is 0.244 e. The number of nitrogens with zero attached hydrogens (tertiary/aromatic N) is 1. The normalized spacial score (nSPS) is 11.1. The van der Waals surface area contributed by atoms with Crippen LogP contribution in [-0.2, 0) is 11.3 Å². The second-order valence-corrected chi connectivity index (χ2v) is 5.01. The van der Waals surface area contributed by atoms with Crippen molar-refractivity contribution in [3.63, 3.8) is 0 Å². The third-order valence-corrected chi connectivity index (χ3v) is 3.06. The number of hydrogen-bond acceptors (Lipinski definition) is 4. The summed E-state index contributed by atoms with van der Waals surface area (Å²) in [6.45, 7) is 3.97. The van der Waals surface area contributed by atoms with Gasteiger partial charge >= 0.3 is 0 Å². The number of amides is 1. The zero-order valence-electron chi connectivity index (χ0n) is 10.6. The monoisotopic (exact) mass is 372 g/mol. The highest BCUT2D eigenvalue weighted by atomic mass is 127.